The fourth-order valence-corrected chi connectivity index (χ4v) is 4.01. The Balaban J connectivity index is 3.27. The maximum absolute atomic E-state index is 12.5. The maximum Gasteiger partial charge on any atom is 0.244 e. The van der Waals surface area contributed by atoms with Crippen LogP contribution in [-0.4, -0.2) is 44.6 Å². The van der Waals surface area contributed by atoms with Crippen LogP contribution in [0.2, 0.25) is 10.0 Å². The van der Waals surface area contributed by atoms with E-state index in [0.717, 1.165) is 0 Å². The van der Waals surface area contributed by atoms with E-state index in [-0.39, 0.29) is 33.7 Å². The van der Waals surface area contributed by atoms with Crippen LogP contribution in [0.4, 0.5) is 0 Å². The lowest BCUT2D eigenvalue weighted by atomic mass is 10.2. The molecular formula is C12H17Cl2NO4S. The largest absolute Gasteiger partial charge is 0.392 e. The summed E-state index contributed by atoms with van der Waals surface area (Å²) in [6.07, 6.45) is 0. The molecule has 0 aliphatic heterocycles. The molecule has 0 radical (unpaired) electrons. The number of ether oxygens (including phenoxy) is 1. The van der Waals surface area contributed by atoms with Crippen molar-refractivity contribution in [3.05, 3.63) is 27.7 Å². The van der Waals surface area contributed by atoms with E-state index in [1.165, 1.54) is 23.5 Å². The number of nitrogens with zero attached hydrogens (tertiary/aromatic N) is 1. The molecule has 8 heteroatoms. The molecule has 0 aliphatic rings. The SMILES string of the molecule is CCN(CCOC)S(=O)(=O)c1ccc(Cl)c(CO)c1Cl. The van der Waals surface area contributed by atoms with Gasteiger partial charge in [-0.25, -0.2) is 8.42 Å². The molecule has 20 heavy (non-hydrogen) atoms. The molecule has 0 spiro atoms. The third-order valence-corrected chi connectivity index (χ3v) is 5.74. The molecule has 1 aromatic carbocycles. The van der Waals surface area contributed by atoms with Crippen LogP contribution < -0.4 is 0 Å². The molecule has 1 aromatic rings. The zero-order valence-electron chi connectivity index (χ0n) is 11.3. The summed E-state index contributed by atoms with van der Waals surface area (Å²) in [5.74, 6) is 0. The van der Waals surface area contributed by atoms with E-state index in [9.17, 15) is 13.5 Å². The highest BCUT2D eigenvalue weighted by Crippen LogP contribution is 2.32. The molecule has 0 bridgehead atoms. The summed E-state index contributed by atoms with van der Waals surface area (Å²) >= 11 is 11.9. The fraction of sp³-hybridized carbons (Fsp3) is 0.500. The summed E-state index contributed by atoms with van der Waals surface area (Å²) in [4.78, 5) is -0.0643. The van der Waals surface area contributed by atoms with Crippen LogP contribution >= 0.6 is 23.2 Å². The first kappa shape index (κ1) is 17.7. The van der Waals surface area contributed by atoms with Gasteiger partial charge >= 0.3 is 0 Å². The van der Waals surface area contributed by atoms with E-state index in [4.69, 9.17) is 27.9 Å². The number of hydrogen-bond acceptors (Lipinski definition) is 4. The van der Waals surface area contributed by atoms with Crippen molar-refractivity contribution in [1.29, 1.82) is 0 Å². The third-order valence-electron chi connectivity index (χ3n) is 2.82. The van der Waals surface area contributed by atoms with Crippen molar-refractivity contribution in [2.24, 2.45) is 0 Å². The van der Waals surface area contributed by atoms with Crippen molar-refractivity contribution in [3.63, 3.8) is 0 Å². The average Bonchev–Trinajstić information content (AvgIpc) is 2.39. The Bertz CT molecular complexity index is 563. The van der Waals surface area contributed by atoms with Crippen LogP contribution in [0.15, 0.2) is 17.0 Å². The van der Waals surface area contributed by atoms with Crippen LogP contribution in [0.5, 0.6) is 0 Å². The molecular weight excluding hydrogens is 325 g/mol. The van der Waals surface area contributed by atoms with E-state index in [2.05, 4.69) is 0 Å². The Labute approximate surface area is 129 Å². The van der Waals surface area contributed by atoms with E-state index in [0.29, 0.717) is 6.54 Å². The number of methoxy groups -OCH3 is 1. The van der Waals surface area contributed by atoms with Crippen molar-refractivity contribution in [3.8, 4) is 0 Å². The minimum Gasteiger partial charge on any atom is -0.392 e. The molecule has 0 fully saturated rings. The van der Waals surface area contributed by atoms with E-state index < -0.39 is 16.6 Å². The molecule has 0 amide bonds. The van der Waals surface area contributed by atoms with Gasteiger partial charge in [-0.2, -0.15) is 4.31 Å². The molecule has 0 saturated carbocycles. The van der Waals surface area contributed by atoms with Gasteiger partial charge in [0.2, 0.25) is 10.0 Å². The Kier molecular flexibility index (Phi) is 6.71. The van der Waals surface area contributed by atoms with Crippen LogP contribution in [0.25, 0.3) is 0 Å². The van der Waals surface area contributed by atoms with Gasteiger partial charge in [0, 0.05) is 30.8 Å². The lowest BCUT2D eigenvalue weighted by molar-refractivity contribution is 0.180. The number of halogens is 2. The summed E-state index contributed by atoms with van der Waals surface area (Å²) in [6.45, 7) is 2.10. The maximum atomic E-state index is 12.5. The van der Waals surface area contributed by atoms with Gasteiger partial charge in [0.25, 0.3) is 0 Å². The molecule has 114 valence electrons. The summed E-state index contributed by atoms with van der Waals surface area (Å²) in [5.41, 5.74) is 0.206. The minimum atomic E-state index is -3.75. The Morgan fingerprint density at radius 3 is 2.50 bits per heavy atom. The van der Waals surface area contributed by atoms with Crippen molar-refractivity contribution in [2.75, 3.05) is 26.8 Å². The second-order valence-electron chi connectivity index (χ2n) is 3.99. The van der Waals surface area contributed by atoms with Gasteiger partial charge in [0.05, 0.1) is 18.2 Å². The minimum absolute atomic E-state index is 0.0455. The molecule has 1 N–H and O–H groups in total. The second-order valence-corrected chi connectivity index (χ2v) is 6.68. The van der Waals surface area contributed by atoms with Gasteiger partial charge in [-0.1, -0.05) is 30.1 Å². The normalized spacial score (nSPS) is 12.1. The third kappa shape index (κ3) is 3.63. The highest BCUT2D eigenvalue weighted by Gasteiger charge is 2.27. The van der Waals surface area contributed by atoms with Crippen LogP contribution in [-0.2, 0) is 21.4 Å². The predicted molar refractivity (Wildman–Crippen MR) is 78.7 cm³/mol. The van der Waals surface area contributed by atoms with Gasteiger partial charge < -0.3 is 9.84 Å². The van der Waals surface area contributed by atoms with Crippen molar-refractivity contribution >= 4 is 33.2 Å². The van der Waals surface area contributed by atoms with E-state index in [1.54, 1.807) is 6.92 Å². The van der Waals surface area contributed by atoms with Crippen molar-refractivity contribution in [2.45, 2.75) is 18.4 Å². The Morgan fingerprint density at radius 1 is 1.35 bits per heavy atom. The first-order valence-corrected chi connectivity index (χ1v) is 8.16. The molecule has 0 aliphatic carbocycles. The lowest BCUT2D eigenvalue weighted by Crippen LogP contribution is -2.34. The van der Waals surface area contributed by atoms with Crippen LogP contribution in [0, 0.1) is 0 Å². The first-order chi connectivity index (χ1) is 9.39. The Hall–Kier alpha value is -0.370. The molecule has 0 unspecified atom stereocenters. The number of benzene rings is 1. The van der Waals surface area contributed by atoms with Gasteiger partial charge in [-0.3, -0.25) is 0 Å². The van der Waals surface area contributed by atoms with Gasteiger partial charge in [0.15, 0.2) is 0 Å². The smallest absolute Gasteiger partial charge is 0.244 e. The Morgan fingerprint density at radius 2 is 2.00 bits per heavy atom. The standard InChI is InChI=1S/C12H17Cl2NO4S/c1-3-15(6-7-19-2)20(17,18)11-5-4-10(13)9(8-16)12(11)14/h4-5,16H,3,6-8H2,1-2H3. The van der Waals surface area contributed by atoms with Gasteiger partial charge in [-0.05, 0) is 12.1 Å². The number of aliphatic hydroxyl groups excluding tert-OH is 1. The topological polar surface area (TPSA) is 66.8 Å². The van der Waals surface area contributed by atoms with Crippen molar-refractivity contribution in [1.82, 2.24) is 4.31 Å². The molecule has 5 nitrogen and oxygen atoms in total. The summed E-state index contributed by atoms with van der Waals surface area (Å²) in [7, 11) is -2.25. The number of sulfonamides is 1. The molecule has 0 saturated heterocycles. The van der Waals surface area contributed by atoms with E-state index in [1.807, 2.05) is 0 Å². The fourth-order valence-electron chi connectivity index (χ4n) is 1.70. The zero-order valence-corrected chi connectivity index (χ0v) is 13.6. The van der Waals surface area contributed by atoms with Gasteiger partial charge in [0.1, 0.15) is 4.90 Å². The van der Waals surface area contributed by atoms with Crippen LogP contribution in [0.1, 0.15) is 12.5 Å². The second kappa shape index (κ2) is 7.59. The molecule has 0 atom stereocenters. The quantitative estimate of drug-likeness (QED) is 0.824. The van der Waals surface area contributed by atoms with E-state index >= 15 is 0 Å². The number of hydrogen-bond donors (Lipinski definition) is 1. The summed E-state index contributed by atoms with van der Waals surface area (Å²) in [5, 5.41) is 9.42. The van der Waals surface area contributed by atoms with Crippen LogP contribution in [0.3, 0.4) is 0 Å². The highest BCUT2D eigenvalue weighted by molar-refractivity contribution is 7.89. The molecule has 1 rings (SSSR count). The van der Waals surface area contributed by atoms with Gasteiger partial charge in [-0.15, -0.1) is 0 Å². The lowest BCUT2D eigenvalue weighted by Gasteiger charge is -2.21. The molecule has 0 heterocycles. The number of likely N-dealkylation sites (N-methyl/N-ethyl adjacent to an activating group) is 1. The van der Waals surface area contributed by atoms with Crippen molar-refractivity contribution < 1.29 is 18.3 Å². The predicted octanol–water partition coefficient (Wildman–Crippen LogP) is 2.14. The zero-order chi connectivity index (χ0) is 15.3. The monoisotopic (exact) mass is 341 g/mol. The summed E-state index contributed by atoms with van der Waals surface area (Å²) < 4.78 is 31.2. The highest BCUT2D eigenvalue weighted by atomic mass is 35.5. The molecule has 0 aromatic heterocycles. The number of aliphatic hydroxyl groups is 1. The summed E-state index contributed by atoms with van der Waals surface area (Å²) in [6, 6.07) is 2.75. The number of rotatable bonds is 7. The first-order valence-electron chi connectivity index (χ1n) is 5.96. The average molecular weight is 342 g/mol.